The van der Waals surface area contributed by atoms with Gasteiger partial charge in [-0.3, -0.25) is 0 Å². The lowest BCUT2D eigenvalue weighted by Gasteiger charge is -2.56. The molecule has 2 atom stereocenters. The van der Waals surface area contributed by atoms with Gasteiger partial charge < -0.3 is 34.0 Å². The van der Waals surface area contributed by atoms with Crippen molar-refractivity contribution in [3.8, 4) is 0 Å². The van der Waals surface area contributed by atoms with Crippen molar-refractivity contribution in [3.63, 3.8) is 0 Å². The zero-order valence-electron chi connectivity index (χ0n) is 40.1. The van der Waals surface area contributed by atoms with Crippen LogP contribution < -0.4 is 65.8 Å². The zero-order valence-corrected chi connectivity index (χ0v) is 47.0. The first-order valence-corrected chi connectivity index (χ1v) is 32.2. The summed E-state index contributed by atoms with van der Waals surface area (Å²) in [6.45, 7) is 32.6. The van der Waals surface area contributed by atoms with Crippen LogP contribution in [0.1, 0.15) is 13.8 Å². The Bertz CT molecular complexity index is 2250. The quantitative estimate of drug-likeness (QED) is 0.0364. The molecule has 0 heterocycles. The van der Waals surface area contributed by atoms with Gasteiger partial charge in [0.25, 0.3) is 0 Å². The standard InChI is InChI=1S/C62H68P2Si2.2BrH/c1-9-45-65(46-10-2,47-11-3)59-51-62(8,64(56-39-27-18-28-40-56,57-41-29-19-30-42-57)58-43-31-20-32-44-58)60(66(48-12-4,49-13-5)50-14-6)52-61(59,7)63(53-33-21-15-22-34-53,54-35-23-16-24-36-54)55-37-25-17-26-38-55;;/h9-44,51-52H,1-6,45-50H2,7-8H3;2*1H/q+2;;/p-2. The molecule has 0 spiro atoms. The molecule has 68 heavy (non-hydrogen) atoms. The average Bonchev–Trinajstić information content (AvgIpc) is 3.35. The number of rotatable bonds is 22. The van der Waals surface area contributed by atoms with Gasteiger partial charge in [-0.05, 0) is 145 Å². The highest BCUT2D eigenvalue weighted by atomic mass is 79.9. The number of halogens is 2. The maximum Gasteiger partial charge on any atom is 0.127 e. The van der Waals surface area contributed by atoms with E-state index in [9.17, 15) is 0 Å². The first kappa shape index (κ1) is 54.4. The van der Waals surface area contributed by atoms with Crippen LogP contribution >= 0.6 is 14.5 Å². The minimum atomic E-state index is -2.71. The third kappa shape index (κ3) is 9.31. The summed E-state index contributed by atoms with van der Waals surface area (Å²) < 4.78 is 0. The largest absolute Gasteiger partial charge is 1.00 e. The second-order valence-corrected chi connectivity index (χ2v) is 34.6. The zero-order chi connectivity index (χ0) is 46.7. The molecule has 0 aliphatic heterocycles. The summed E-state index contributed by atoms with van der Waals surface area (Å²) in [5.41, 5.74) is 0. The van der Waals surface area contributed by atoms with Gasteiger partial charge in [-0.2, -0.15) is 0 Å². The molecule has 0 fully saturated rings. The van der Waals surface area contributed by atoms with Crippen LogP contribution in [0, 0.1) is 0 Å². The Morgan fingerprint density at radius 3 is 0.632 bits per heavy atom. The van der Waals surface area contributed by atoms with Crippen molar-refractivity contribution in [1.29, 1.82) is 0 Å². The van der Waals surface area contributed by atoms with Crippen LogP contribution in [0.2, 0.25) is 36.3 Å². The molecule has 2 unspecified atom stereocenters. The van der Waals surface area contributed by atoms with E-state index in [1.54, 1.807) is 10.4 Å². The minimum absolute atomic E-state index is 0. The summed E-state index contributed by atoms with van der Waals surface area (Å²) in [7, 11) is -10.8. The fourth-order valence-corrected chi connectivity index (χ4v) is 34.2. The van der Waals surface area contributed by atoms with E-state index in [4.69, 9.17) is 0 Å². The molecule has 7 rings (SSSR count). The van der Waals surface area contributed by atoms with Crippen LogP contribution in [0.3, 0.4) is 0 Å². The summed E-state index contributed by atoms with van der Waals surface area (Å²) in [6, 6.07) is 74.6. The Hall–Kier alpha value is -4.51. The van der Waals surface area contributed by atoms with Crippen molar-refractivity contribution in [2.45, 2.75) is 60.4 Å². The summed E-state index contributed by atoms with van der Waals surface area (Å²) in [5.74, 6) is 0. The van der Waals surface area contributed by atoms with Crippen molar-refractivity contribution in [2.75, 3.05) is 0 Å². The number of hydrogen-bond donors (Lipinski definition) is 0. The smallest absolute Gasteiger partial charge is 0.127 e. The van der Waals surface area contributed by atoms with E-state index in [-0.39, 0.29) is 34.0 Å². The van der Waals surface area contributed by atoms with Gasteiger partial charge in [-0.15, -0.1) is 39.5 Å². The van der Waals surface area contributed by atoms with Gasteiger partial charge in [0.2, 0.25) is 0 Å². The van der Waals surface area contributed by atoms with Crippen molar-refractivity contribution in [1.82, 2.24) is 0 Å². The monoisotopic (exact) mass is 1090 g/mol. The first-order valence-electron chi connectivity index (χ1n) is 23.4. The maximum atomic E-state index is 4.56. The number of allylic oxidation sites excluding steroid dienone is 10. The van der Waals surface area contributed by atoms with E-state index in [0.29, 0.717) is 0 Å². The SMILES string of the molecule is C=CC[Si](CC=C)(CC=C)C1=CC(C)([P+](c2ccccc2)(c2ccccc2)c2ccccc2)C([Si](CC=C)(CC=C)CC=C)=CC1(C)[P+](c1ccccc1)(c1ccccc1)c1ccccc1.[Br-].[Br-]. The molecule has 0 amide bonds. The molecule has 0 bridgehead atoms. The maximum absolute atomic E-state index is 4.56. The van der Waals surface area contributed by atoms with E-state index in [2.05, 4.69) is 284 Å². The van der Waals surface area contributed by atoms with Gasteiger partial charge >= 0.3 is 0 Å². The minimum Gasteiger partial charge on any atom is -1.00 e. The lowest BCUT2D eigenvalue weighted by atomic mass is 9.96. The summed E-state index contributed by atoms with van der Waals surface area (Å²) >= 11 is 0. The van der Waals surface area contributed by atoms with Crippen LogP contribution in [0.4, 0.5) is 0 Å². The van der Waals surface area contributed by atoms with Gasteiger partial charge in [0.05, 0.1) is 16.1 Å². The molecule has 6 aromatic rings. The molecular formula is C62H68Br2P2Si2. The molecule has 0 N–H and O–H groups in total. The van der Waals surface area contributed by atoms with Crippen LogP contribution in [0.25, 0.3) is 0 Å². The van der Waals surface area contributed by atoms with Crippen molar-refractivity contribution in [2.24, 2.45) is 0 Å². The van der Waals surface area contributed by atoms with E-state index < -0.39 is 41.0 Å². The van der Waals surface area contributed by atoms with E-state index in [0.717, 1.165) is 36.3 Å². The number of benzene rings is 6. The van der Waals surface area contributed by atoms with Crippen LogP contribution in [0.15, 0.2) is 280 Å². The molecule has 0 nitrogen and oxygen atoms in total. The molecule has 0 aromatic heterocycles. The molecule has 348 valence electrons. The normalized spacial score (nSPS) is 17.1. The third-order valence-corrected chi connectivity index (χ3v) is 35.0. The van der Waals surface area contributed by atoms with E-state index >= 15 is 0 Å². The first-order chi connectivity index (χ1) is 32.2. The molecular weight excluding hydrogens is 1020 g/mol. The lowest BCUT2D eigenvalue weighted by molar-refractivity contribution is -0.00100. The van der Waals surface area contributed by atoms with Crippen molar-refractivity contribution >= 4 is 62.5 Å². The van der Waals surface area contributed by atoms with Crippen molar-refractivity contribution < 1.29 is 34.0 Å². The summed E-state index contributed by atoms with van der Waals surface area (Å²) in [4.78, 5) is 0. The second-order valence-electron chi connectivity index (χ2n) is 18.3. The molecule has 1 aliphatic carbocycles. The van der Waals surface area contributed by atoms with Gasteiger partial charge in [-0.1, -0.05) is 146 Å². The molecule has 0 saturated heterocycles. The van der Waals surface area contributed by atoms with Crippen LogP contribution in [-0.2, 0) is 0 Å². The Balaban J connectivity index is 0.00000432. The number of hydrogen-bond acceptors (Lipinski definition) is 0. The highest BCUT2D eigenvalue weighted by Crippen LogP contribution is 2.77. The predicted octanol–water partition coefficient (Wildman–Crippen LogP) is 8.46. The van der Waals surface area contributed by atoms with Gasteiger partial charge in [0, 0.05) is 0 Å². The molecule has 0 saturated carbocycles. The third-order valence-electron chi connectivity index (χ3n) is 14.5. The Morgan fingerprint density at radius 1 is 0.324 bits per heavy atom. The lowest BCUT2D eigenvalue weighted by Crippen LogP contribution is -3.00. The van der Waals surface area contributed by atoms with E-state index in [1.807, 2.05) is 0 Å². The second kappa shape index (κ2) is 23.9. The predicted molar refractivity (Wildman–Crippen MR) is 305 cm³/mol. The van der Waals surface area contributed by atoms with E-state index in [1.165, 1.54) is 31.8 Å². The molecule has 6 aromatic carbocycles. The fraction of sp³-hybridized carbons (Fsp3) is 0.161. The fourth-order valence-electron chi connectivity index (χ4n) is 12.2. The van der Waals surface area contributed by atoms with Gasteiger partial charge in [-0.25, -0.2) is 0 Å². The Morgan fingerprint density at radius 2 is 0.485 bits per heavy atom. The Kier molecular flexibility index (Phi) is 19.1. The highest BCUT2D eigenvalue weighted by Gasteiger charge is 2.71. The average molecular weight is 1090 g/mol. The van der Waals surface area contributed by atoms with Gasteiger partial charge in [0.15, 0.2) is 0 Å². The topological polar surface area (TPSA) is 0 Å². The van der Waals surface area contributed by atoms with Crippen LogP contribution in [0.5, 0.6) is 0 Å². The molecule has 0 radical (unpaired) electrons. The molecule has 1 aliphatic rings. The summed E-state index contributed by atoms with van der Waals surface area (Å²) in [5, 5.41) is 10.3. The molecule has 6 heteroatoms. The van der Waals surface area contributed by atoms with Crippen LogP contribution in [-0.4, -0.2) is 26.5 Å². The Labute approximate surface area is 434 Å². The summed E-state index contributed by atoms with van der Waals surface area (Å²) in [6.07, 6.45) is 19.2. The van der Waals surface area contributed by atoms with Gasteiger partial charge in [0.1, 0.15) is 56.7 Å². The van der Waals surface area contributed by atoms with Crippen molar-refractivity contribution in [3.05, 3.63) is 280 Å². The highest BCUT2D eigenvalue weighted by molar-refractivity contribution is 7.98.